The highest BCUT2D eigenvalue weighted by Gasteiger charge is 2.13. The van der Waals surface area contributed by atoms with Gasteiger partial charge in [-0.3, -0.25) is 9.59 Å². The van der Waals surface area contributed by atoms with Crippen LogP contribution in [-0.2, 0) is 0 Å². The Hall–Kier alpha value is -4.04. The molecule has 3 N–H and O–H groups in total. The Morgan fingerprint density at radius 3 is 2.19 bits per heavy atom. The van der Waals surface area contributed by atoms with E-state index < -0.39 is 11.5 Å². The van der Waals surface area contributed by atoms with Crippen LogP contribution in [0.15, 0.2) is 65.6 Å². The quantitative estimate of drug-likeness (QED) is 0.416. The summed E-state index contributed by atoms with van der Waals surface area (Å²) in [7, 11) is 0. The van der Waals surface area contributed by atoms with Crippen LogP contribution in [0, 0.1) is 13.8 Å². The first-order chi connectivity index (χ1) is 15.4. The van der Waals surface area contributed by atoms with Crippen LogP contribution in [-0.4, -0.2) is 25.8 Å². The van der Waals surface area contributed by atoms with Crippen LogP contribution in [0.4, 0.5) is 17.3 Å². The van der Waals surface area contributed by atoms with Crippen molar-refractivity contribution in [3.8, 4) is 11.4 Å². The fourth-order valence-corrected chi connectivity index (χ4v) is 3.18. The van der Waals surface area contributed by atoms with Gasteiger partial charge < -0.3 is 15.6 Å². The van der Waals surface area contributed by atoms with Crippen LogP contribution >= 0.6 is 11.6 Å². The van der Waals surface area contributed by atoms with Crippen LogP contribution in [0.2, 0.25) is 5.02 Å². The number of aryl methyl sites for hydroxylation is 2. The van der Waals surface area contributed by atoms with Gasteiger partial charge in [-0.2, -0.15) is 0 Å². The standard InChI is InChI=1S/C23H19ClN6O2/c1-13-11-14(2)27-23(26-13)29-18-9-7-17(8-10-18)28-21(31)19-12-25-20(30-22(19)32)15-3-5-16(24)6-4-15/h3-12H,1-2H3,(H,28,31)(H,25,30,32)(H,26,27,29). The summed E-state index contributed by atoms with van der Waals surface area (Å²) in [6.45, 7) is 3.80. The van der Waals surface area contributed by atoms with Crippen LogP contribution in [0.5, 0.6) is 0 Å². The van der Waals surface area contributed by atoms with Gasteiger partial charge in [0.25, 0.3) is 11.5 Å². The number of aromatic amines is 1. The number of nitrogens with one attached hydrogen (secondary N) is 3. The molecule has 0 radical (unpaired) electrons. The number of halogens is 1. The van der Waals surface area contributed by atoms with E-state index in [9.17, 15) is 9.59 Å². The number of hydrogen-bond donors (Lipinski definition) is 3. The number of benzene rings is 2. The Labute approximate surface area is 188 Å². The van der Waals surface area contributed by atoms with Crippen molar-refractivity contribution in [2.75, 3.05) is 10.6 Å². The number of hydrogen-bond acceptors (Lipinski definition) is 6. The van der Waals surface area contributed by atoms with E-state index in [-0.39, 0.29) is 5.56 Å². The van der Waals surface area contributed by atoms with Crippen LogP contribution in [0.1, 0.15) is 21.7 Å². The third kappa shape index (κ3) is 4.98. The minimum absolute atomic E-state index is 0.0893. The zero-order valence-electron chi connectivity index (χ0n) is 17.3. The fourth-order valence-electron chi connectivity index (χ4n) is 3.06. The van der Waals surface area contributed by atoms with Crippen molar-refractivity contribution in [3.63, 3.8) is 0 Å². The number of nitrogens with zero attached hydrogens (tertiary/aromatic N) is 3. The maximum absolute atomic E-state index is 12.6. The average molecular weight is 447 g/mol. The van der Waals surface area contributed by atoms with Crippen molar-refractivity contribution < 1.29 is 4.79 Å². The molecule has 2 aromatic carbocycles. The van der Waals surface area contributed by atoms with E-state index in [1.807, 2.05) is 19.9 Å². The number of rotatable bonds is 5. The minimum Gasteiger partial charge on any atom is -0.324 e. The van der Waals surface area contributed by atoms with Crippen molar-refractivity contribution in [2.24, 2.45) is 0 Å². The molecule has 0 saturated carbocycles. The first-order valence-corrected chi connectivity index (χ1v) is 10.1. The van der Waals surface area contributed by atoms with Gasteiger partial charge in [0.15, 0.2) is 0 Å². The maximum atomic E-state index is 12.6. The van der Waals surface area contributed by atoms with Crippen molar-refractivity contribution in [2.45, 2.75) is 13.8 Å². The molecule has 2 aromatic heterocycles. The molecule has 4 rings (SSSR count). The summed E-state index contributed by atoms with van der Waals surface area (Å²) in [5, 5.41) is 6.40. The van der Waals surface area contributed by atoms with Crippen LogP contribution < -0.4 is 16.2 Å². The molecule has 0 aliphatic rings. The smallest absolute Gasteiger partial charge is 0.264 e. The molecule has 32 heavy (non-hydrogen) atoms. The second-order valence-corrected chi connectivity index (χ2v) is 7.55. The molecule has 2 heterocycles. The third-order valence-corrected chi connectivity index (χ3v) is 4.79. The summed E-state index contributed by atoms with van der Waals surface area (Å²) < 4.78 is 0. The minimum atomic E-state index is -0.556. The molecule has 0 atom stereocenters. The summed E-state index contributed by atoms with van der Waals surface area (Å²) in [5.41, 5.74) is 3.09. The summed E-state index contributed by atoms with van der Waals surface area (Å²) in [6.07, 6.45) is 1.26. The molecule has 0 aliphatic carbocycles. The summed E-state index contributed by atoms with van der Waals surface area (Å²) in [6, 6.07) is 15.7. The highest BCUT2D eigenvalue weighted by atomic mass is 35.5. The molecular formula is C23H19ClN6O2. The molecule has 0 aliphatic heterocycles. The molecule has 0 spiro atoms. The van der Waals surface area contributed by atoms with E-state index >= 15 is 0 Å². The number of carbonyl (C=O) groups excluding carboxylic acids is 1. The largest absolute Gasteiger partial charge is 0.324 e. The molecular weight excluding hydrogens is 428 g/mol. The zero-order valence-corrected chi connectivity index (χ0v) is 18.1. The van der Waals surface area contributed by atoms with E-state index in [1.165, 1.54) is 6.20 Å². The van der Waals surface area contributed by atoms with Gasteiger partial charge in [-0.15, -0.1) is 0 Å². The average Bonchev–Trinajstić information content (AvgIpc) is 2.75. The van der Waals surface area contributed by atoms with Gasteiger partial charge in [-0.05, 0) is 68.4 Å². The molecule has 4 aromatic rings. The normalized spacial score (nSPS) is 10.6. The lowest BCUT2D eigenvalue weighted by atomic mass is 10.2. The molecule has 0 bridgehead atoms. The second-order valence-electron chi connectivity index (χ2n) is 7.11. The molecule has 1 amide bonds. The Morgan fingerprint density at radius 1 is 0.938 bits per heavy atom. The number of aromatic nitrogens is 4. The Morgan fingerprint density at radius 2 is 1.56 bits per heavy atom. The highest BCUT2D eigenvalue weighted by molar-refractivity contribution is 6.30. The van der Waals surface area contributed by atoms with Crippen molar-refractivity contribution in [1.82, 2.24) is 19.9 Å². The summed E-state index contributed by atoms with van der Waals surface area (Å²) in [5.74, 6) is 0.296. The van der Waals surface area contributed by atoms with Gasteiger partial charge in [-0.1, -0.05) is 11.6 Å². The van der Waals surface area contributed by atoms with Gasteiger partial charge >= 0.3 is 0 Å². The lowest BCUT2D eigenvalue weighted by Gasteiger charge is -2.09. The lowest BCUT2D eigenvalue weighted by molar-refractivity contribution is 0.102. The van der Waals surface area contributed by atoms with E-state index in [2.05, 4.69) is 30.6 Å². The van der Waals surface area contributed by atoms with Gasteiger partial charge in [0.1, 0.15) is 11.4 Å². The number of amides is 1. The Bertz CT molecular complexity index is 1310. The zero-order chi connectivity index (χ0) is 22.7. The van der Waals surface area contributed by atoms with E-state index in [0.717, 1.165) is 17.1 Å². The van der Waals surface area contributed by atoms with Gasteiger partial charge in [0.2, 0.25) is 5.95 Å². The van der Waals surface area contributed by atoms with Gasteiger partial charge in [0.05, 0.1) is 0 Å². The number of carbonyl (C=O) groups is 1. The summed E-state index contributed by atoms with van der Waals surface area (Å²) >= 11 is 5.88. The monoisotopic (exact) mass is 446 g/mol. The van der Waals surface area contributed by atoms with Crippen LogP contribution in [0.25, 0.3) is 11.4 Å². The topological polar surface area (TPSA) is 113 Å². The molecule has 9 heteroatoms. The highest BCUT2D eigenvalue weighted by Crippen LogP contribution is 2.19. The molecule has 0 unspecified atom stereocenters. The first kappa shape index (κ1) is 21.2. The predicted molar refractivity (Wildman–Crippen MR) is 124 cm³/mol. The maximum Gasteiger partial charge on any atom is 0.264 e. The van der Waals surface area contributed by atoms with Gasteiger partial charge in [0, 0.05) is 39.5 Å². The van der Waals surface area contributed by atoms with E-state index in [0.29, 0.717) is 28.0 Å². The first-order valence-electron chi connectivity index (χ1n) is 9.73. The lowest BCUT2D eigenvalue weighted by Crippen LogP contribution is -2.24. The Kier molecular flexibility index (Phi) is 5.96. The fraction of sp³-hybridized carbons (Fsp3) is 0.0870. The SMILES string of the molecule is Cc1cc(C)nc(Nc2ccc(NC(=O)c3cnc(-c4ccc(Cl)cc4)[nH]c3=O)cc2)n1. The summed E-state index contributed by atoms with van der Waals surface area (Å²) in [4.78, 5) is 40.5. The number of H-pyrrole nitrogens is 1. The van der Waals surface area contributed by atoms with Crippen molar-refractivity contribution in [1.29, 1.82) is 0 Å². The molecule has 0 saturated heterocycles. The number of anilines is 3. The molecule has 160 valence electrons. The second kappa shape index (κ2) is 8.99. The van der Waals surface area contributed by atoms with Crippen molar-refractivity contribution >= 4 is 34.8 Å². The molecule has 0 fully saturated rings. The Balaban J connectivity index is 1.45. The van der Waals surface area contributed by atoms with E-state index in [4.69, 9.17) is 11.6 Å². The van der Waals surface area contributed by atoms with Crippen molar-refractivity contribution in [3.05, 3.63) is 93.1 Å². The van der Waals surface area contributed by atoms with Gasteiger partial charge in [-0.25, -0.2) is 15.0 Å². The van der Waals surface area contributed by atoms with E-state index in [1.54, 1.807) is 48.5 Å². The third-order valence-electron chi connectivity index (χ3n) is 4.54. The van der Waals surface area contributed by atoms with Crippen LogP contribution in [0.3, 0.4) is 0 Å². The predicted octanol–water partition coefficient (Wildman–Crippen LogP) is 4.49. The molecule has 8 nitrogen and oxygen atoms in total.